The van der Waals surface area contributed by atoms with Crippen LogP contribution in [-0.2, 0) is 13.5 Å². The highest BCUT2D eigenvalue weighted by Gasteiger charge is 2.36. The summed E-state index contributed by atoms with van der Waals surface area (Å²) < 4.78 is 31.1. The number of nitrogens with one attached hydrogen (secondary N) is 1. The van der Waals surface area contributed by atoms with E-state index in [2.05, 4.69) is 17.0 Å². The minimum Gasteiger partial charge on any atom is -0.290 e. The summed E-state index contributed by atoms with van der Waals surface area (Å²) in [4.78, 5) is 3.59. The molecule has 1 aromatic heterocycles. The molecule has 3 unspecified atom stereocenters. The van der Waals surface area contributed by atoms with Crippen LogP contribution in [0.25, 0.3) is 6.08 Å². The standard InChI is InChI=1S/C22H26F2N4/c1-3-15-9-17(19(10-15)22-6-8-27-28(22)2)11-18-13-20(23)16(12-21(18)24)5-4-7-26-14-25/h4-8,12-15,17,19,25H,3,9-11H2,1-2H3/b5-4+,25-14?,26-7?. The van der Waals surface area contributed by atoms with Gasteiger partial charge in [-0.05, 0) is 60.9 Å². The highest BCUT2D eigenvalue weighted by molar-refractivity contribution is 5.83. The Morgan fingerprint density at radius 3 is 2.79 bits per heavy atom. The summed E-state index contributed by atoms with van der Waals surface area (Å²) in [5.41, 5.74) is 1.78. The molecule has 0 aliphatic heterocycles. The average molecular weight is 384 g/mol. The molecule has 3 atom stereocenters. The van der Waals surface area contributed by atoms with Crippen LogP contribution in [0, 0.1) is 28.9 Å². The summed E-state index contributed by atoms with van der Waals surface area (Å²) in [6.45, 7) is 2.19. The van der Waals surface area contributed by atoms with Crippen molar-refractivity contribution < 1.29 is 8.78 Å². The first-order chi connectivity index (χ1) is 13.5. The molecule has 0 bridgehead atoms. The molecule has 1 heterocycles. The monoisotopic (exact) mass is 384 g/mol. The number of aromatic nitrogens is 2. The van der Waals surface area contributed by atoms with Crippen LogP contribution in [0.2, 0.25) is 0 Å². The number of aliphatic imine (C=N–C) groups is 1. The largest absolute Gasteiger partial charge is 0.290 e. The van der Waals surface area contributed by atoms with Crippen LogP contribution in [0.15, 0.2) is 35.5 Å². The molecule has 1 aromatic carbocycles. The molecule has 0 saturated heterocycles. The topological polar surface area (TPSA) is 54.0 Å². The number of aryl methyl sites for hydroxylation is 1. The summed E-state index contributed by atoms with van der Waals surface area (Å²) in [5, 5.41) is 11.1. The maximum Gasteiger partial charge on any atom is 0.130 e. The van der Waals surface area contributed by atoms with Gasteiger partial charge in [-0.2, -0.15) is 5.10 Å². The van der Waals surface area contributed by atoms with E-state index in [-0.39, 0.29) is 17.3 Å². The van der Waals surface area contributed by atoms with E-state index in [9.17, 15) is 8.78 Å². The molecule has 4 nitrogen and oxygen atoms in total. The molecule has 1 aliphatic rings. The Labute approximate surface area is 164 Å². The van der Waals surface area contributed by atoms with E-state index in [1.165, 1.54) is 36.2 Å². The van der Waals surface area contributed by atoms with Crippen molar-refractivity contribution in [2.24, 2.45) is 23.9 Å². The van der Waals surface area contributed by atoms with Crippen LogP contribution >= 0.6 is 0 Å². The fourth-order valence-electron chi connectivity index (χ4n) is 4.32. The zero-order chi connectivity index (χ0) is 20.1. The lowest BCUT2D eigenvalue weighted by Gasteiger charge is -2.20. The number of allylic oxidation sites excluding steroid dienone is 1. The number of hydrogen-bond donors (Lipinski definition) is 1. The Morgan fingerprint density at radius 1 is 1.29 bits per heavy atom. The van der Waals surface area contributed by atoms with Crippen LogP contribution in [0.3, 0.4) is 0 Å². The minimum absolute atomic E-state index is 0.179. The Kier molecular flexibility index (Phi) is 6.49. The van der Waals surface area contributed by atoms with Crippen LogP contribution in [0.1, 0.15) is 48.9 Å². The second-order valence-corrected chi connectivity index (χ2v) is 7.45. The molecule has 1 saturated carbocycles. The van der Waals surface area contributed by atoms with Gasteiger partial charge >= 0.3 is 0 Å². The first-order valence-electron chi connectivity index (χ1n) is 9.68. The molecule has 0 amide bonds. The summed E-state index contributed by atoms with van der Waals surface area (Å²) >= 11 is 0. The molecular weight excluding hydrogens is 358 g/mol. The van der Waals surface area contributed by atoms with Crippen LogP contribution in [0.4, 0.5) is 8.78 Å². The third kappa shape index (κ3) is 4.43. The van der Waals surface area contributed by atoms with Crippen molar-refractivity contribution in [3.63, 3.8) is 0 Å². The van der Waals surface area contributed by atoms with Gasteiger partial charge in [0.05, 0.1) is 0 Å². The number of hydrogen-bond acceptors (Lipinski definition) is 2. The van der Waals surface area contributed by atoms with Gasteiger partial charge < -0.3 is 0 Å². The van der Waals surface area contributed by atoms with Gasteiger partial charge in [0.2, 0.25) is 0 Å². The smallest absolute Gasteiger partial charge is 0.130 e. The van der Waals surface area contributed by atoms with E-state index < -0.39 is 5.82 Å². The molecule has 148 valence electrons. The molecule has 1 fully saturated rings. The predicted molar refractivity (Wildman–Crippen MR) is 109 cm³/mol. The lowest BCUT2D eigenvalue weighted by atomic mass is 9.87. The lowest BCUT2D eigenvalue weighted by molar-refractivity contribution is 0.440. The molecule has 1 N–H and O–H groups in total. The van der Waals surface area contributed by atoms with E-state index in [0.29, 0.717) is 23.8 Å². The maximum atomic E-state index is 14.7. The normalized spacial score (nSPS) is 22.5. The Balaban J connectivity index is 1.82. The summed E-state index contributed by atoms with van der Waals surface area (Å²) in [5.74, 6) is 0.368. The third-order valence-electron chi connectivity index (χ3n) is 5.78. The molecule has 3 rings (SSSR count). The van der Waals surface area contributed by atoms with Gasteiger partial charge in [0.1, 0.15) is 18.0 Å². The van der Waals surface area contributed by atoms with Crippen LogP contribution in [0.5, 0.6) is 0 Å². The molecule has 0 spiro atoms. The van der Waals surface area contributed by atoms with E-state index in [0.717, 1.165) is 25.6 Å². The Morgan fingerprint density at radius 2 is 2.11 bits per heavy atom. The van der Waals surface area contributed by atoms with Gasteiger partial charge in [-0.1, -0.05) is 19.4 Å². The van der Waals surface area contributed by atoms with E-state index in [4.69, 9.17) is 5.41 Å². The Bertz CT molecular complexity index is 885. The van der Waals surface area contributed by atoms with E-state index in [1.54, 1.807) is 6.20 Å². The zero-order valence-electron chi connectivity index (χ0n) is 16.3. The van der Waals surface area contributed by atoms with E-state index >= 15 is 0 Å². The third-order valence-corrected chi connectivity index (χ3v) is 5.78. The fourth-order valence-corrected chi connectivity index (χ4v) is 4.32. The van der Waals surface area contributed by atoms with Crippen molar-refractivity contribution in [3.05, 3.63) is 58.9 Å². The van der Waals surface area contributed by atoms with Gasteiger partial charge in [-0.3, -0.25) is 10.1 Å². The Hall–Kier alpha value is -2.63. The van der Waals surface area contributed by atoms with E-state index in [1.807, 2.05) is 17.8 Å². The fraction of sp³-hybridized carbons (Fsp3) is 0.409. The van der Waals surface area contributed by atoms with Crippen molar-refractivity contribution in [1.82, 2.24) is 9.78 Å². The summed E-state index contributed by atoms with van der Waals surface area (Å²) in [6, 6.07) is 4.60. The SMILES string of the molecule is CCC1CC(Cc2cc(F)c(/C=C/C=NC=N)cc2F)C(c2ccnn2C)C1. The number of rotatable bonds is 7. The van der Waals surface area contributed by atoms with Crippen molar-refractivity contribution in [2.45, 2.75) is 38.5 Å². The number of benzene rings is 1. The second kappa shape index (κ2) is 9.04. The van der Waals surface area contributed by atoms with Gasteiger partial charge in [-0.25, -0.2) is 13.8 Å². The lowest BCUT2D eigenvalue weighted by Crippen LogP contribution is -2.14. The van der Waals surface area contributed by atoms with Crippen molar-refractivity contribution in [2.75, 3.05) is 0 Å². The first-order valence-corrected chi connectivity index (χ1v) is 9.68. The van der Waals surface area contributed by atoms with Crippen molar-refractivity contribution in [3.8, 4) is 0 Å². The second-order valence-electron chi connectivity index (χ2n) is 7.45. The average Bonchev–Trinajstić information content (AvgIpc) is 3.28. The predicted octanol–water partition coefficient (Wildman–Crippen LogP) is 5.15. The van der Waals surface area contributed by atoms with Crippen molar-refractivity contribution >= 4 is 18.6 Å². The van der Waals surface area contributed by atoms with Gasteiger partial charge in [0.15, 0.2) is 0 Å². The van der Waals surface area contributed by atoms with Gasteiger partial charge in [0, 0.05) is 36.6 Å². The van der Waals surface area contributed by atoms with Crippen LogP contribution in [-0.4, -0.2) is 22.3 Å². The highest BCUT2D eigenvalue weighted by Crippen LogP contribution is 2.45. The zero-order valence-corrected chi connectivity index (χ0v) is 16.3. The number of halogens is 2. The van der Waals surface area contributed by atoms with Gasteiger partial charge in [-0.15, -0.1) is 0 Å². The van der Waals surface area contributed by atoms with Crippen LogP contribution < -0.4 is 0 Å². The first kappa shape index (κ1) is 20.1. The summed E-state index contributed by atoms with van der Waals surface area (Å²) in [7, 11) is 1.94. The van der Waals surface area contributed by atoms with Crippen molar-refractivity contribution in [1.29, 1.82) is 5.41 Å². The summed E-state index contributed by atoms with van der Waals surface area (Å²) in [6.07, 6.45) is 10.7. The molecular formula is C22H26F2N4. The quantitative estimate of drug-likeness (QED) is 0.521. The molecule has 6 heteroatoms. The highest BCUT2D eigenvalue weighted by atomic mass is 19.1. The number of nitrogens with zero attached hydrogens (tertiary/aromatic N) is 3. The minimum atomic E-state index is -0.446. The molecule has 0 radical (unpaired) electrons. The maximum absolute atomic E-state index is 14.7. The molecule has 1 aliphatic carbocycles. The molecule has 2 aromatic rings. The van der Waals surface area contributed by atoms with Gasteiger partial charge in [0.25, 0.3) is 0 Å². The molecule has 28 heavy (non-hydrogen) atoms.